The van der Waals surface area contributed by atoms with Gasteiger partial charge in [-0.05, 0) is 56.2 Å². The first-order valence-corrected chi connectivity index (χ1v) is 9.52. The number of rotatable bonds is 4. The highest BCUT2D eigenvalue weighted by Gasteiger charge is 2.31. The van der Waals surface area contributed by atoms with E-state index in [-0.39, 0.29) is 16.8 Å². The Hall–Kier alpha value is -1.40. The van der Waals surface area contributed by atoms with Crippen molar-refractivity contribution in [2.24, 2.45) is 5.92 Å². The third-order valence-corrected chi connectivity index (χ3v) is 6.72. The van der Waals surface area contributed by atoms with E-state index in [1.807, 2.05) is 0 Å². The first-order valence-electron chi connectivity index (χ1n) is 8.08. The molecular formula is C17H26N2O3S. The molecule has 0 radical (unpaired) electrons. The molecule has 1 aromatic carbocycles. The maximum absolute atomic E-state index is 13.0. The number of benzene rings is 1. The van der Waals surface area contributed by atoms with E-state index in [9.17, 15) is 13.2 Å². The normalized spacial score (nSPS) is 22.1. The summed E-state index contributed by atoms with van der Waals surface area (Å²) in [6.45, 7) is 5.40. The zero-order valence-electron chi connectivity index (χ0n) is 14.3. The molecule has 1 fully saturated rings. The molecule has 128 valence electrons. The number of aryl methyl sites for hydroxylation is 1. The van der Waals surface area contributed by atoms with Gasteiger partial charge in [0.05, 0.1) is 4.90 Å². The second-order valence-corrected chi connectivity index (χ2v) is 8.56. The molecule has 0 aromatic heterocycles. The van der Waals surface area contributed by atoms with Crippen molar-refractivity contribution in [1.29, 1.82) is 0 Å². The van der Waals surface area contributed by atoms with Gasteiger partial charge in [-0.2, -0.15) is 4.31 Å². The SMILES string of the molecule is CC(=O)Nc1ccc(C)c(S(=O)(=O)N(C)C2CCC(C)CC2)c1. The third-order valence-electron chi connectivity index (χ3n) is 4.67. The number of nitrogens with one attached hydrogen (secondary N) is 1. The molecule has 5 nitrogen and oxygen atoms in total. The van der Waals surface area contributed by atoms with E-state index < -0.39 is 10.0 Å². The van der Waals surface area contributed by atoms with Gasteiger partial charge in [0.15, 0.2) is 0 Å². The fourth-order valence-corrected chi connectivity index (χ4v) is 4.78. The summed E-state index contributed by atoms with van der Waals surface area (Å²) in [5.41, 5.74) is 1.20. The Morgan fingerprint density at radius 2 is 1.83 bits per heavy atom. The Bertz CT molecular complexity index is 677. The Kier molecular flexibility index (Phi) is 5.47. The third kappa shape index (κ3) is 4.12. The zero-order chi connectivity index (χ0) is 17.2. The smallest absolute Gasteiger partial charge is 0.243 e. The lowest BCUT2D eigenvalue weighted by atomic mass is 9.87. The Morgan fingerprint density at radius 1 is 1.22 bits per heavy atom. The summed E-state index contributed by atoms with van der Waals surface area (Å²) in [4.78, 5) is 11.5. The van der Waals surface area contributed by atoms with Gasteiger partial charge in [-0.3, -0.25) is 4.79 Å². The van der Waals surface area contributed by atoms with Crippen LogP contribution in [0.5, 0.6) is 0 Å². The number of hydrogen-bond donors (Lipinski definition) is 1. The average Bonchev–Trinajstić information content (AvgIpc) is 2.48. The molecule has 1 aliphatic carbocycles. The van der Waals surface area contributed by atoms with Crippen LogP contribution in [-0.2, 0) is 14.8 Å². The number of carbonyl (C=O) groups excluding carboxylic acids is 1. The summed E-state index contributed by atoms with van der Waals surface area (Å²) in [6.07, 6.45) is 3.94. The van der Waals surface area contributed by atoms with E-state index in [4.69, 9.17) is 0 Å². The van der Waals surface area contributed by atoms with Crippen molar-refractivity contribution in [1.82, 2.24) is 4.31 Å². The highest BCUT2D eigenvalue weighted by Crippen LogP contribution is 2.31. The fraction of sp³-hybridized carbons (Fsp3) is 0.588. The van der Waals surface area contributed by atoms with E-state index >= 15 is 0 Å². The molecule has 1 saturated carbocycles. The van der Waals surface area contributed by atoms with E-state index in [1.54, 1.807) is 32.2 Å². The van der Waals surface area contributed by atoms with Crippen LogP contribution in [0.1, 0.15) is 45.1 Å². The summed E-state index contributed by atoms with van der Waals surface area (Å²) in [6, 6.07) is 5.06. The summed E-state index contributed by atoms with van der Waals surface area (Å²) < 4.78 is 27.5. The van der Waals surface area contributed by atoms with Gasteiger partial charge in [0, 0.05) is 25.7 Å². The lowest BCUT2D eigenvalue weighted by molar-refractivity contribution is -0.114. The van der Waals surface area contributed by atoms with Gasteiger partial charge in [0.25, 0.3) is 0 Å². The minimum absolute atomic E-state index is 0.0556. The number of carbonyl (C=O) groups is 1. The van der Waals surface area contributed by atoms with E-state index in [1.165, 1.54) is 11.2 Å². The summed E-state index contributed by atoms with van der Waals surface area (Å²) in [7, 11) is -1.90. The Labute approximate surface area is 139 Å². The molecule has 0 aliphatic heterocycles. The lowest BCUT2D eigenvalue weighted by Gasteiger charge is -2.33. The number of nitrogens with zero attached hydrogens (tertiary/aromatic N) is 1. The molecule has 1 aliphatic rings. The van der Waals surface area contributed by atoms with Crippen molar-refractivity contribution in [3.8, 4) is 0 Å². The number of amides is 1. The molecule has 6 heteroatoms. The molecule has 1 amide bonds. The molecule has 2 rings (SSSR count). The van der Waals surface area contributed by atoms with Gasteiger partial charge >= 0.3 is 0 Å². The van der Waals surface area contributed by atoms with Crippen LogP contribution >= 0.6 is 0 Å². The first kappa shape index (κ1) is 17.9. The van der Waals surface area contributed by atoms with Crippen LogP contribution in [0.3, 0.4) is 0 Å². The van der Waals surface area contributed by atoms with Crippen LogP contribution in [0, 0.1) is 12.8 Å². The number of hydrogen-bond acceptors (Lipinski definition) is 3. The molecule has 1 aromatic rings. The van der Waals surface area contributed by atoms with Crippen molar-refractivity contribution >= 4 is 21.6 Å². The van der Waals surface area contributed by atoms with E-state index in [2.05, 4.69) is 12.2 Å². The molecule has 0 bridgehead atoms. The maximum atomic E-state index is 13.0. The Balaban J connectivity index is 2.29. The standard InChI is InChI=1S/C17H26N2O3S/c1-12-5-9-16(10-6-12)19(4)23(21,22)17-11-15(18-14(3)20)8-7-13(17)2/h7-8,11-12,16H,5-6,9-10H2,1-4H3,(H,18,20). The van der Waals surface area contributed by atoms with E-state index in [0.29, 0.717) is 17.2 Å². The fourth-order valence-electron chi connectivity index (χ4n) is 3.12. The van der Waals surface area contributed by atoms with Gasteiger partial charge < -0.3 is 5.32 Å². The van der Waals surface area contributed by atoms with Gasteiger partial charge in [0.2, 0.25) is 15.9 Å². The number of anilines is 1. The van der Waals surface area contributed by atoms with Gasteiger partial charge in [0.1, 0.15) is 0 Å². The second kappa shape index (κ2) is 7.01. The Morgan fingerprint density at radius 3 is 2.39 bits per heavy atom. The largest absolute Gasteiger partial charge is 0.326 e. The van der Waals surface area contributed by atoms with Crippen LogP contribution in [-0.4, -0.2) is 31.7 Å². The van der Waals surface area contributed by atoms with Crippen molar-refractivity contribution in [3.63, 3.8) is 0 Å². The minimum Gasteiger partial charge on any atom is -0.326 e. The molecular weight excluding hydrogens is 312 g/mol. The van der Waals surface area contributed by atoms with Crippen LogP contribution in [0.2, 0.25) is 0 Å². The van der Waals surface area contributed by atoms with E-state index in [0.717, 1.165) is 25.7 Å². The zero-order valence-corrected chi connectivity index (χ0v) is 15.1. The van der Waals surface area contributed by atoms with Gasteiger partial charge in [-0.25, -0.2) is 8.42 Å². The maximum Gasteiger partial charge on any atom is 0.243 e. The van der Waals surface area contributed by atoms with Crippen LogP contribution in [0.25, 0.3) is 0 Å². The quantitative estimate of drug-likeness (QED) is 0.917. The van der Waals surface area contributed by atoms with Gasteiger partial charge in [-0.1, -0.05) is 13.0 Å². The monoisotopic (exact) mass is 338 g/mol. The molecule has 0 unspecified atom stereocenters. The number of sulfonamides is 1. The van der Waals surface area contributed by atoms with Crippen molar-refractivity contribution in [3.05, 3.63) is 23.8 Å². The summed E-state index contributed by atoms with van der Waals surface area (Å²) in [5, 5.41) is 2.65. The minimum atomic E-state index is -3.56. The molecule has 0 saturated heterocycles. The van der Waals surface area contributed by atoms with Crippen molar-refractivity contribution in [2.75, 3.05) is 12.4 Å². The van der Waals surface area contributed by atoms with Crippen LogP contribution < -0.4 is 5.32 Å². The molecule has 0 heterocycles. The predicted molar refractivity (Wildman–Crippen MR) is 91.9 cm³/mol. The first-order chi connectivity index (χ1) is 10.7. The highest BCUT2D eigenvalue weighted by molar-refractivity contribution is 7.89. The van der Waals surface area contributed by atoms with Crippen LogP contribution in [0.15, 0.2) is 23.1 Å². The lowest BCUT2D eigenvalue weighted by Crippen LogP contribution is -2.39. The van der Waals surface area contributed by atoms with Crippen molar-refractivity contribution in [2.45, 2.75) is 57.4 Å². The summed E-state index contributed by atoms with van der Waals surface area (Å²) >= 11 is 0. The van der Waals surface area contributed by atoms with Crippen LogP contribution in [0.4, 0.5) is 5.69 Å². The second-order valence-electron chi connectivity index (χ2n) is 6.60. The topological polar surface area (TPSA) is 66.5 Å². The van der Waals surface area contributed by atoms with Gasteiger partial charge in [-0.15, -0.1) is 0 Å². The highest BCUT2D eigenvalue weighted by atomic mass is 32.2. The molecule has 0 spiro atoms. The summed E-state index contributed by atoms with van der Waals surface area (Å²) in [5.74, 6) is 0.457. The predicted octanol–water partition coefficient (Wildman–Crippen LogP) is 3.15. The molecule has 1 N–H and O–H groups in total. The van der Waals surface area contributed by atoms with Crippen molar-refractivity contribution < 1.29 is 13.2 Å². The average molecular weight is 338 g/mol. The molecule has 23 heavy (non-hydrogen) atoms. The molecule has 0 atom stereocenters.